The van der Waals surface area contributed by atoms with Crippen molar-refractivity contribution in [2.24, 2.45) is 0 Å². The molecule has 3 rings (SSSR count). The van der Waals surface area contributed by atoms with Gasteiger partial charge in [0.05, 0.1) is 19.3 Å². The Hall–Kier alpha value is -1.38. The summed E-state index contributed by atoms with van der Waals surface area (Å²) in [6.07, 6.45) is -12.9. The standard InChI is InChI=1S/C21H32O11/c1-9-7-11(3-4-12(9)22)5-6-29-20-19(28)17(26)15(24)13(32-20)8-30-21-18(27)16(25)14(23)10(2)31-21/h3-4,7,10,13-28H,5-6,8H2,1-2H3/t10-,13+,14-,15+,16+,17-,18+,19+,20+,21+/m0/s1. The fraction of sp³-hybridized carbons (Fsp3) is 0.714. The monoisotopic (exact) mass is 460 g/mol. The highest BCUT2D eigenvalue weighted by molar-refractivity contribution is 5.34. The van der Waals surface area contributed by atoms with Gasteiger partial charge < -0.3 is 54.7 Å². The van der Waals surface area contributed by atoms with E-state index in [-0.39, 0.29) is 19.0 Å². The first-order chi connectivity index (χ1) is 15.1. The molecule has 2 aliphatic rings. The normalized spacial score (nSPS) is 40.4. The Morgan fingerprint density at radius 2 is 1.44 bits per heavy atom. The zero-order valence-electron chi connectivity index (χ0n) is 17.9. The number of aliphatic hydroxyl groups excluding tert-OH is 6. The van der Waals surface area contributed by atoms with Crippen LogP contribution in [0.25, 0.3) is 0 Å². The molecule has 1 aromatic carbocycles. The molecule has 0 aliphatic carbocycles. The molecular weight excluding hydrogens is 428 g/mol. The Bertz CT molecular complexity index is 746. The second-order valence-corrected chi connectivity index (χ2v) is 8.27. The third-order valence-corrected chi connectivity index (χ3v) is 5.84. The van der Waals surface area contributed by atoms with E-state index in [1.807, 2.05) is 0 Å². The predicted molar refractivity (Wildman–Crippen MR) is 107 cm³/mol. The molecule has 182 valence electrons. The largest absolute Gasteiger partial charge is 0.508 e. The number of aliphatic hydroxyl groups is 6. The molecule has 2 aliphatic heterocycles. The Morgan fingerprint density at radius 3 is 2.09 bits per heavy atom. The number of aryl methyl sites for hydroxylation is 1. The van der Waals surface area contributed by atoms with Crippen molar-refractivity contribution in [3.8, 4) is 5.75 Å². The number of ether oxygens (including phenoxy) is 4. The van der Waals surface area contributed by atoms with Gasteiger partial charge in [0.25, 0.3) is 0 Å². The summed E-state index contributed by atoms with van der Waals surface area (Å²) < 4.78 is 21.9. The predicted octanol–water partition coefficient (Wildman–Crippen LogP) is -2.09. The Kier molecular flexibility index (Phi) is 8.44. The minimum absolute atomic E-state index is 0.133. The van der Waals surface area contributed by atoms with Gasteiger partial charge in [0.1, 0.15) is 48.5 Å². The highest BCUT2D eigenvalue weighted by atomic mass is 16.7. The molecule has 1 aromatic rings. The first-order valence-electron chi connectivity index (χ1n) is 10.5. The summed E-state index contributed by atoms with van der Waals surface area (Å²) in [6.45, 7) is 3.05. The average Bonchev–Trinajstić information content (AvgIpc) is 2.77. The Morgan fingerprint density at radius 1 is 0.812 bits per heavy atom. The van der Waals surface area contributed by atoms with Gasteiger partial charge in [0.15, 0.2) is 12.6 Å². The van der Waals surface area contributed by atoms with E-state index in [2.05, 4.69) is 0 Å². The minimum Gasteiger partial charge on any atom is -0.508 e. The van der Waals surface area contributed by atoms with Crippen LogP contribution in [0.15, 0.2) is 18.2 Å². The zero-order valence-corrected chi connectivity index (χ0v) is 17.9. The molecule has 0 amide bonds. The summed E-state index contributed by atoms with van der Waals surface area (Å²) in [7, 11) is 0. The van der Waals surface area contributed by atoms with E-state index in [9.17, 15) is 35.7 Å². The van der Waals surface area contributed by atoms with E-state index in [1.165, 1.54) is 6.92 Å². The van der Waals surface area contributed by atoms with Gasteiger partial charge >= 0.3 is 0 Å². The van der Waals surface area contributed by atoms with E-state index in [4.69, 9.17) is 18.9 Å². The highest BCUT2D eigenvalue weighted by Crippen LogP contribution is 2.26. The first-order valence-corrected chi connectivity index (χ1v) is 10.5. The maximum Gasteiger partial charge on any atom is 0.186 e. The lowest BCUT2D eigenvalue weighted by Crippen LogP contribution is -2.61. The van der Waals surface area contributed by atoms with Gasteiger partial charge in [0.2, 0.25) is 0 Å². The Labute approximate surface area is 185 Å². The number of hydrogen-bond donors (Lipinski definition) is 7. The summed E-state index contributed by atoms with van der Waals surface area (Å²) in [6, 6.07) is 5.11. The van der Waals surface area contributed by atoms with Gasteiger partial charge in [-0.2, -0.15) is 0 Å². The fourth-order valence-corrected chi connectivity index (χ4v) is 3.70. The third kappa shape index (κ3) is 5.57. The molecule has 0 aromatic heterocycles. The first kappa shape index (κ1) is 25.2. The number of benzene rings is 1. The van der Waals surface area contributed by atoms with Crippen LogP contribution < -0.4 is 0 Å². The van der Waals surface area contributed by atoms with E-state index in [0.717, 1.165) is 5.56 Å². The lowest BCUT2D eigenvalue weighted by atomic mass is 9.98. The maximum atomic E-state index is 10.2. The smallest absolute Gasteiger partial charge is 0.186 e. The molecule has 10 atom stereocenters. The summed E-state index contributed by atoms with van der Waals surface area (Å²) in [5, 5.41) is 69.9. The van der Waals surface area contributed by atoms with Crippen molar-refractivity contribution < 1.29 is 54.7 Å². The van der Waals surface area contributed by atoms with Gasteiger partial charge in [-0.1, -0.05) is 12.1 Å². The molecule has 0 saturated carbocycles. The van der Waals surface area contributed by atoms with Crippen molar-refractivity contribution in [1.82, 2.24) is 0 Å². The second kappa shape index (κ2) is 10.7. The summed E-state index contributed by atoms with van der Waals surface area (Å²) in [5.41, 5.74) is 1.61. The van der Waals surface area contributed by atoms with Crippen molar-refractivity contribution in [2.45, 2.75) is 81.7 Å². The molecule has 2 heterocycles. The van der Waals surface area contributed by atoms with Gasteiger partial charge in [-0.3, -0.25) is 0 Å². The lowest BCUT2D eigenvalue weighted by molar-refractivity contribution is -0.327. The van der Waals surface area contributed by atoms with Crippen LogP contribution in [0.5, 0.6) is 5.75 Å². The van der Waals surface area contributed by atoms with Crippen LogP contribution in [0, 0.1) is 6.92 Å². The molecule has 11 nitrogen and oxygen atoms in total. The number of hydrogen-bond acceptors (Lipinski definition) is 11. The maximum absolute atomic E-state index is 10.2. The van der Waals surface area contributed by atoms with Crippen molar-refractivity contribution in [3.63, 3.8) is 0 Å². The molecule has 11 heteroatoms. The van der Waals surface area contributed by atoms with Crippen LogP contribution in [0.4, 0.5) is 0 Å². The van der Waals surface area contributed by atoms with Crippen molar-refractivity contribution >= 4 is 0 Å². The second-order valence-electron chi connectivity index (χ2n) is 8.27. The van der Waals surface area contributed by atoms with Crippen LogP contribution in [-0.4, -0.2) is 110 Å². The highest BCUT2D eigenvalue weighted by Gasteiger charge is 2.46. The molecule has 0 unspecified atom stereocenters. The van der Waals surface area contributed by atoms with Crippen LogP contribution in [0.1, 0.15) is 18.1 Å². The molecule has 0 spiro atoms. The van der Waals surface area contributed by atoms with Gasteiger partial charge in [-0.25, -0.2) is 0 Å². The van der Waals surface area contributed by atoms with E-state index in [1.54, 1.807) is 25.1 Å². The minimum atomic E-state index is -1.57. The SMILES string of the molecule is Cc1cc(CCO[C@@H]2O[C@H](CO[C@@H]3O[C@@H](C)[C@H](O)[C@@H](O)[C@H]3O)[C@@H](O)[C@H](O)[C@H]2O)ccc1O. The van der Waals surface area contributed by atoms with Gasteiger partial charge in [0, 0.05) is 0 Å². The van der Waals surface area contributed by atoms with Crippen LogP contribution >= 0.6 is 0 Å². The number of phenolic OH excluding ortho intramolecular Hbond substituents is 1. The summed E-state index contributed by atoms with van der Waals surface area (Å²) in [4.78, 5) is 0. The summed E-state index contributed by atoms with van der Waals surface area (Å²) >= 11 is 0. The summed E-state index contributed by atoms with van der Waals surface area (Å²) in [5.74, 6) is 0.184. The topological polar surface area (TPSA) is 179 Å². The molecule has 2 saturated heterocycles. The van der Waals surface area contributed by atoms with Crippen molar-refractivity contribution in [2.75, 3.05) is 13.2 Å². The zero-order chi connectivity index (χ0) is 23.6. The molecule has 32 heavy (non-hydrogen) atoms. The van der Waals surface area contributed by atoms with Crippen LogP contribution in [0.3, 0.4) is 0 Å². The van der Waals surface area contributed by atoms with Crippen molar-refractivity contribution in [1.29, 1.82) is 0 Å². The number of aromatic hydroxyl groups is 1. The third-order valence-electron chi connectivity index (χ3n) is 5.84. The van der Waals surface area contributed by atoms with E-state index >= 15 is 0 Å². The van der Waals surface area contributed by atoms with E-state index < -0.39 is 61.4 Å². The average molecular weight is 460 g/mol. The lowest BCUT2D eigenvalue weighted by Gasteiger charge is -2.42. The van der Waals surface area contributed by atoms with E-state index in [0.29, 0.717) is 12.0 Å². The number of rotatable bonds is 7. The number of phenols is 1. The van der Waals surface area contributed by atoms with Crippen LogP contribution in [0.2, 0.25) is 0 Å². The molecule has 0 radical (unpaired) electrons. The van der Waals surface area contributed by atoms with Crippen LogP contribution in [-0.2, 0) is 25.4 Å². The Balaban J connectivity index is 1.54. The molecule has 0 bridgehead atoms. The molecule has 2 fully saturated rings. The molecule has 7 N–H and O–H groups in total. The van der Waals surface area contributed by atoms with Gasteiger partial charge in [-0.05, 0) is 37.5 Å². The quantitative estimate of drug-likeness (QED) is 0.237. The molecular formula is C21H32O11. The van der Waals surface area contributed by atoms with Gasteiger partial charge in [-0.15, -0.1) is 0 Å². The van der Waals surface area contributed by atoms with Crippen molar-refractivity contribution in [3.05, 3.63) is 29.3 Å². The fourth-order valence-electron chi connectivity index (χ4n) is 3.70.